The quantitative estimate of drug-likeness (QED) is 0.314. The lowest BCUT2D eigenvalue weighted by atomic mass is 9.76. The number of ether oxygens (including phenoxy) is 1. The van der Waals surface area contributed by atoms with Crippen LogP contribution in [0, 0.1) is 23.2 Å². The van der Waals surface area contributed by atoms with E-state index < -0.39 is 0 Å². The van der Waals surface area contributed by atoms with Gasteiger partial charge in [0.2, 0.25) is 0 Å². The van der Waals surface area contributed by atoms with Crippen molar-refractivity contribution in [1.29, 1.82) is 0 Å². The second kappa shape index (κ2) is 1.86. The maximum absolute atomic E-state index is 11.4. The van der Waals surface area contributed by atoms with Gasteiger partial charge in [0.15, 0.2) is 0 Å². The third-order valence-electron chi connectivity index (χ3n) is 3.66. The van der Waals surface area contributed by atoms with Gasteiger partial charge in [-0.05, 0) is 12.3 Å². The van der Waals surface area contributed by atoms with Gasteiger partial charge in [-0.1, -0.05) is 19.1 Å². The number of rotatable bonds is 0. The van der Waals surface area contributed by atoms with Crippen LogP contribution in [0.15, 0.2) is 12.2 Å². The van der Waals surface area contributed by atoms with E-state index in [0.717, 1.165) is 6.42 Å². The summed E-state index contributed by atoms with van der Waals surface area (Å²) in [5.41, 5.74) is -0.113. The highest BCUT2D eigenvalue weighted by molar-refractivity contribution is 5.98. The minimum absolute atomic E-state index is 0.113. The van der Waals surface area contributed by atoms with E-state index in [4.69, 9.17) is 0 Å². The van der Waals surface area contributed by atoms with Crippen molar-refractivity contribution in [1.82, 2.24) is 0 Å². The minimum atomic E-state index is -0.315. The van der Waals surface area contributed by atoms with Crippen molar-refractivity contribution >= 4 is 11.9 Å². The van der Waals surface area contributed by atoms with Gasteiger partial charge in [0.1, 0.15) is 0 Å². The summed E-state index contributed by atoms with van der Waals surface area (Å²) in [7, 11) is 0. The van der Waals surface area contributed by atoms with E-state index in [1.165, 1.54) is 0 Å². The number of esters is 2. The molecular weight excluding hydrogens is 168 g/mol. The van der Waals surface area contributed by atoms with Gasteiger partial charge < -0.3 is 4.74 Å². The van der Waals surface area contributed by atoms with Gasteiger partial charge >= 0.3 is 11.9 Å². The fourth-order valence-electron chi connectivity index (χ4n) is 3.08. The smallest absolute Gasteiger partial charge is 0.318 e. The van der Waals surface area contributed by atoms with Crippen LogP contribution in [0.25, 0.3) is 0 Å². The van der Waals surface area contributed by atoms with E-state index in [2.05, 4.69) is 16.9 Å². The molecule has 2 aliphatic carbocycles. The standard InChI is InChI=1S/C10H10O3/c1-10-3-2-5(4-10)6-7(10)9(12)13-8(6)11/h2-3,5-7H,4H2,1H3. The Bertz CT molecular complexity index is 344. The Labute approximate surface area is 75.8 Å². The molecule has 1 saturated carbocycles. The first-order chi connectivity index (χ1) is 6.12. The average Bonchev–Trinajstić information content (AvgIpc) is 2.62. The van der Waals surface area contributed by atoms with Crippen LogP contribution in [0.4, 0.5) is 0 Å². The summed E-state index contributed by atoms with van der Waals surface area (Å²) in [4.78, 5) is 22.7. The number of carbonyl (C=O) groups is 2. The largest absolute Gasteiger partial charge is 0.393 e. The van der Waals surface area contributed by atoms with Crippen molar-refractivity contribution in [2.45, 2.75) is 13.3 Å². The van der Waals surface area contributed by atoms with Crippen LogP contribution in [-0.4, -0.2) is 11.9 Å². The van der Waals surface area contributed by atoms with Crippen molar-refractivity contribution < 1.29 is 14.3 Å². The second-order valence-electron chi connectivity index (χ2n) is 4.48. The van der Waals surface area contributed by atoms with Gasteiger partial charge in [-0.25, -0.2) is 0 Å². The summed E-state index contributed by atoms with van der Waals surface area (Å²) >= 11 is 0. The molecule has 0 radical (unpaired) electrons. The van der Waals surface area contributed by atoms with Crippen LogP contribution < -0.4 is 0 Å². The Balaban J connectivity index is 2.13. The van der Waals surface area contributed by atoms with Crippen molar-refractivity contribution in [3.63, 3.8) is 0 Å². The Morgan fingerprint density at radius 1 is 1.46 bits per heavy atom. The summed E-state index contributed by atoms with van der Waals surface area (Å²) in [5.74, 6) is -0.760. The molecular formula is C10H10O3. The van der Waals surface area contributed by atoms with Crippen LogP contribution in [0.3, 0.4) is 0 Å². The zero-order valence-corrected chi connectivity index (χ0v) is 7.32. The van der Waals surface area contributed by atoms with Gasteiger partial charge in [0.05, 0.1) is 11.8 Å². The van der Waals surface area contributed by atoms with Gasteiger partial charge in [0, 0.05) is 5.41 Å². The molecule has 68 valence electrons. The fraction of sp³-hybridized carbons (Fsp3) is 0.600. The lowest BCUT2D eigenvalue weighted by molar-refractivity contribution is -0.155. The van der Waals surface area contributed by atoms with E-state index in [9.17, 15) is 9.59 Å². The predicted octanol–water partition coefficient (Wildman–Crippen LogP) is 0.898. The van der Waals surface area contributed by atoms with E-state index in [-0.39, 0.29) is 35.1 Å². The van der Waals surface area contributed by atoms with Crippen molar-refractivity contribution in [3.05, 3.63) is 12.2 Å². The molecule has 3 nitrogen and oxygen atoms in total. The molecule has 1 heterocycles. The number of fused-ring (bicyclic) bond motifs is 5. The highest BCUT2D eigenvalue weighted by Crippen LogP contribution is 2.59. The third-order valence-corrected chi connectivity index (χ3v) is 3.66. The maximum atomic E-state index is 11.4. The molecule has 0 amide bonds. The highest BCUT2D eigenvalue weighted by Gasteiger charge is 2.63. The van der Waals surface area contributed by atoms with Gasteiger partial charge in [-0.3, -0.25) is 9.59 Å². The zero-order valence-electron chi connectivity index (χ0n) is 7.32. The first-order valence-corrected chi connectivity index (χ1v) is 4.57. The molecule has 2 fully saturated rings. The molecule has 1 saturated heterocycles. The van der Waals surface area contributed by atoms with Crippen molar-refractivity contribution in [2.24, 2.45) is 23.2 Å². The molecule has 0 aromatic rings. The van der Waals surface area contributed by atoms with E-state index in [1.54, 1.807) is 0 Å². The number of allylic oxidation sites excluding steroid dienone is 2. The zero-order chi connectivity index (χ0) is 9.22. The van der Waals surface area contributed by atoms with Crippen LogP contribution in [0.5, 0.6) is 0 Å². The molecule has 0 aromatic carbocycles. The molecule has 4 atom stereocenters. The van der Waals surface area contributed by atoms with Crippen molar-refractivity contribution in [2.75, 3.05) is 0 Å². The number of hydrogen-bond donors (Lipinski definition) is 0. The fourth-order valence-corrected chi connectivity index (χ4v) is 3.08. The molecule has 3 aliphatic rings. The summed E-state index contributed by atoms with van der Waals surface area (Å²) in [6.45, 7) is 2.04. The van der Waals surface area contributed by atoms with Crippen LogP contribution in [-0.2, 0) is 14.3 Å². The summed E-state index contributed by atoms with van der Waals surface area (Å²) in [6.07, 6.45) is 5.06. The van der Waals surface area contributed by atoms with Crippen LogP contribution in [0.1, 0.15) is 13.3 Å². The molecule has 4 unspecified atom stereocenters. The minimum Gasteiger partial charge on any atom is -0.393 e. The molecule has 2 bridgehead atoms. The first-order valence-electron chi connectivity index (χ1n) is 4.57. The first kappa shape index (κ1) is 7.30. The lowest BCUT2D eigenvalue weighted by Gasteiger charge is -2.23. The molecule has 3 rings (SSSR count). The van der Waals surface area contributed by atoms with Crippen molar-refractivity contribution in [3.8, 4) is 0 Å². The van der Waals surface area contributed by atoms with E-state index in [1.807, 2.05) is 6.92 Å². The Morgan fingerprint density at radius 2 is 2.23 bits per heavy atom. The molecule has 0 aromatic heterocycles. The second-order valence-corrected chi connectivity index (χ2v) is 4.48. The van der Waals surface area contributed by atoms with E-state index >= 15 is 0 Å². The van der Waals surface area contributed by atoms with E-state index in [0.29, 0.717) is 0 Å². The van der Waals surface area contributed by atoms with Gasteiger partial charge in [-0.15, -0.1) is 0 Å². The summed E-state index contributed by atoms with van der Waals surface area (Å²) in [5, 5.41) is 0. The molecule has 13 heavy (non-hydrogen) atoms. The number of cyclic esters (lactones) is 2. The van der Waals surface area contributed by atoms with Gasteiger partial charge in [0.25, 0.3) is 0 Å². The SMILES string of the molecule is CC12C=CC(C1)C1C(=O)OC(=O)C12. The van der Waals surface area contributed by atoms with Crippen LogP contribution in [0.2, 0.25) is 0 Å². The topological polar surface area (TPSA) is 43.4 Å². The Hall–Kier alpha value is -1.12. The number of carbonyl (C=O) groups excluding carboxylic acids is 2. The molecule has 0 N–H and O–H groups in total. The highest BCUT2D eigenvalue weighted by atomic mass is 16.6. The van der Waals surface area contributed by atoms with Crippen LogP contribution >= 0.6 is 0 Å². The Kier molecular flexibility index (Phi) is 1.05. The molecule has 1 aliphatic heterocycles. The maximum Gasteiger partial charge on any atom is 0.318 e. The normalized spacial score (nSPS) is 51.3. The average molecular weight is 178 g/mol. The Morgan fingerprint density at radius 3 is 2.92 bits per heavy atom. The predicted molar refractivity (Wildman–Crippen MR) is 43.4 cm³/mol. The molecule has 3 heteroatoms. The molecule has 0 spiro atoms. The third kappa shape index (κ3) is 0.666. The summed E-state index contributed by atoms with van der Waals surface area (Å²) in [6, 6.07) is 0. The lowest BCUT2D eigenvalue weighted by Crippen LogP contribution is -2.28. The summed E-state index contributed by atoms with van der Waals surface area (Å²) < 4.78 is 4.66. The van der Waals surface area contributed by atoms with Gasteiger partial charge in [-0.2, -0.15) is 0 Å². The number of hydrogen-bond acceptors (Lipinski definition) is 3. The monoisotopic (exact) mass is 178 g/mol.